The number of carbonyl (C=O) groups excluding carboxylic acids is 1. The van der Waals surface area contributed by atoms with Crippen molar-refractivity contribution in [3.63, 3.8) is 0 Å². The van der Waals surface area contributed by atoms with E-state index in [0.717, 1.165) is 0 Å². The average molecular weight is 436 g/mol. The van der Waals surface area contributed by atoms with Crippen LogP contribution < -0.4 is 20.3 Å². The molecular weight excluding hydrogens is 418 g/mol. The zero-order chi connectivity index (χ0) is 22.0. The van der Waals surface area contributed by atoms with Crippen molar-refractivity contribution >= 4 is 34.0 Å². The largest absolute Gasteiger partial charge is 0.497 e. The van der Waals surface area contributed by atoms with Crippen LogP contribution >= 0.6 is 11.6 Å². The monoisotopic (exact) mass is 435 g/mol. The Morgan fingerprint density at radius 2 is 1.68 bits per heavy atom. The molecule has 4 aromatic rings. The van der Waals surface area contributed by atoms with Crippen LogP contribution in [-0.2, 0) is 0 Å². The lowest BCUT2D eigenvalue weighted by molar-refractivity contribution is 0.102. The molecule has 0 aliphatic rings. The van der Waals surface area contributed by atoms with E-state index in [0.29, 0.717) is 38.7 Å². The van der Waals surface area contributed by atoms with E-state index in [2.05, 4.69) is 10.4 Å². The van der Waals surface area contributed by atoms with Gasteiger partial charge in [0, 0.05) is 10.4 Å². The smallest absolute Gasteiger partial charge is 0.279 e. The van der Waals surface area contributed by atoms with Crippen LogP contribution in [-0.4, -0.2) is 29.9 Å². The number of rotatable bonds is 5. The number of aromatic nitrogens is 2. The predicted molar refractivity (Wildman–Crippen MR) is 120 cm³/mol. The molecule has 1 heterocycles. The van der Waals surface area contributed by atoms with Gasteiger partial charge in [0.2, 0.25) is 0 Å². The molecule has 0 bridgehead atoms. The van der Waals surface area contributed by atoms with Gasteiger partial charge in [-0.25, -0.2) is 0 Å². The number of amides is 1. The molecule has 1 aromatic heterocycles. The molecular formula is C23H18ClN3O4. The van der Waals surface area contributed by atoms with Gasteiger partial charge in [0.25, 0.3) is 11.5 Å². The zero-order valence-electron chi connectivity index (χ0n) is 16.8. The SMILES string of the molecule is COc1ccc(-n2nc(C(=O)Nc3cc(Cl)ccc3OC)c3ccccc3c2=O)cc1. The number of hydrogen-bond acceptors (Lipinski definition) is 5. The Morgan fingerprint density at radius 1 is 0.968 bits per heavy atom. The minimum atomic E-state index is -0.501. The minimum absolute atomic E-state index is 0.0908. The lowest BCUT2D eigenvalue weighted by Crippen LogP contribution is -2.26. The van der Waals surface area contributed by atoms with Crippen LogP contribution in [0.4, 0.5) is 5.69 Å². The lowest BCUT2D eigenvalue weighted by Gasteiger charge is -2.13. The number of halogens is 1. The molecule has 0 atom stereocenters. The van der Waals surface area contributed by atoms with Crippen molar-refractivity contribution in [3.05, 3.63) is 87.8 Å². The Bertz CT molecular complexity index is 1330. The molecule has 1 amide bonds. The number of fused-ring (bicyclic) bond motifs is 1. The fourth-order valence-corrected chi connectivity index (χ4v) is 3.39. The summed E-state index contributed by atoms with van der Waals surface area (Å²) in [5.74, 6) is 0.591. The van der Waals surface area contributed by atoms with Gasteiger partial charge in [-0.2, -0.15) is 9.78 Å². The van der Waals surface area contributed by atoms with E-state index >= 15 is 0 Å². The molecule has 0 aliphatic heterocycles. The molecule has 156 valence electrons. The summed E-state index contributed by atoms with van der Waals surface area (Å²) in [6.07, 6.45) is 0. The number of ether oxygens (including phenoxy) is 2. The Kier molecular flexibility index (Phi) is 5.60. The number of benzene rings is 3. The van der Waals surface area contributed by atoms with Gasteiger partial charge in [-0.05, 0) is 48.5 Å². The maximum atomic E-state index is 13.2. The summed E-state index contributed by atoms with van der Waals surface area (Å²) in [5, 5.41) is 8.41. The predicted octanol–water partition coefficient (Wildman–Crippen LogP) is 4.31. The average Bonchev–Trinajstić information content (AvgIpc) is 2.80. The number of carbonyl (C=O) groups is 1. The van der Waals surface area contributed by atoms with E-state index in [1.807, 2.05) is 0 Å². The number of anilines is 1. The van der Waals surface area contributed by atoms with Crippen molar-refractivity contribution < 1.29 is 14.3 Å². The van der Waals surface area contributed by atoms with Crippen molar-refractivity contribution in [1.82, 2.24) is 9.78 Å². The van der Waals surface area contributed by atoms with Crippen LogP contribution in [0.5, 0.6) is 11.5 Å². The van der Waals surface area contributed by atoms with Gasteiger partial charge in [0.15, 0.2) is 5.69 Å². The van der Waals surface area contributed by atoms with Crippen molar-refractivity contribution in [2.75, 3.05) is 19.5 Å². The number of nitrogens with one attached hydrogen (secondary N) is 1. The van der Waals surface area contributed by atoms with Gasteiger partial charge in [-0.3, -0.25) is 9.59 Å². The molecule has 7 nitrogen and oxygen atoms in total. The summed E-state index contributed by atoms with van der Waals surface area (Å²) in [7, 11) is 3.05. The molecule has 0 saturated carbocycles. The number of hydrogen-bond donors (Lipinski definition) is 1. The Morgan fingerprint density at radius 3 is 2.35 bits per heavy atom. The molecule has 0 unspecified atom stereocenters. The first kappa shape index (κ1) is 20.4. The number of methoxy groups -OCH3 is 2. The van der Waals surface area contributed by atoms with Crippen LogP contribution in [0.2, 0.25) is 5.02 Å². The molecule has 8 heteroatoms. The standard InChI is InChI=1S/C23H18ClN3O4/c1-30-16-10-8-15(9-11-16)27-23(29)18-6-4-3-5-17(18)21(26-27)22(28)25-19-13-14(24)7-12-20(19)31-2/h3-13H,1-2H3,(H,25,28). The molecule has 4 rings (SSSR count). The summed E-state index contributed by atoms with van der Waals surface area (Å²) in [5.41, 5.74) is 0.657. The fraction of sp³-hybridized carbons (Fsp3) is 0.0870. The van der Waals surface area contributed by atoms with Crippen LogP contribution in [0.25, 0.3) is 16.5 Å². The number of nitrogens with zero attached hydrogens (tertiary/aromatic N) is 2. The second-order valence-electron chi connectivity index (χ2n) is 6.61. The van der Waals surface area contributed by atoms with Crippen LogP contribution in [0.3, 0.4) is 0 Å². The molecule has 0 fully saturated rings. The van der Waals surface area contributed by atoms with Gasteiger partial charge in [-0.1, -0.05) is 29.8 Å². The maximum Gasteiger partial charge on any atom is 0.279 e. The first-order valence-corrected chi connectivity index (χ1v) is 9.71. The zero-order valence-corrected chi connectivity index (χ0v) is 17.5. The highest BCUT2D eigenvalue weighted by Crippen LogP contribution is 2.28. The third-order valence-corrected chi connectivity index (χ3v) is 4.98. The van der Waals surface area contributed by atoms with E-state index in [1.165, 1.54) is 11.8 Å². The summed E-state index contributed by atoms with van der Waals surface area (Å²) < 4.78 is 11.7. The fourth-order valence-electron chi connectivity index (χ4n) is 3.22. The molecule has 0 spiro atoms. The normalized spacial score (nSPS) is 10.7. The second-order valence-corrected chi connectivity index (χ2v) is 7.04. The molecule has 31 heavy (non-hydrogen) atoms. The third-order valence-electron chi connectivity index (χ3n) is 4.75. The van der Waals surface area contributed by atoms with E-state index in [9.17, 15) is 9.59 Å². The highest BCUT2D eigenvalue weighted by molar-refractivity contribution is 6.31. The molecule has 1 N–H and O–H groups in total. The Balaban J connectivity index is 1.85. The van der Waals surface area contributed by atoms with Crippen molar-refractivity contribution in [3.8, 4) is 17.2 Å². The molecule has 0 aliphatic carbocycles. The van der Waals surface area contributed by atoms with Crippen LogP contribution in [0, 0.1) is 0 Å². The van der Waals surface area contributed by atoms with Gasteiger partial charge < -0.3 is 14.8 Å². The second kappa shape index (κ2) is 8.49. The van der Waals surface area contributed by atoms with Crippen LogP contribution in [0.15, 0.2) is 71.5 Å². The molecule has 3 aromatic carbocycles. The first-order chi connectivity index (χ1) is 15.0. The van der Waals surface area contributed by atoms with Crippen LogP contribution in [0.1, 0.15) is 10.5 Å². The first-order valence-electron chi connectivity index (χ1n) is 9.33. The lowest BCUT2D eigenvalue weighted by atomic mass is 10.1. The quantitative estimate of drug-likeness (QED) is 0.505. The highest BCUT2D eigenvalue weighted by atomic mass is 35.5. The van der Waals surface area contributed by atoms with Gasteiger partial charge in [0.1, 0.15) is 11.5 Å². The van der Waals surface area contributed by atoms with Gasteiger partial charge in [0.05, 0.1) is 31.0 Å². The van der Waals surface area contributed by atoms with Gasteiger partial charge in [-0.15, -0.1) is 0 Å². The van der Waals surface area contributed by atoms with E-state index < -0.39 is 5.91 Å². The topological polar surface area (TPSA) is 82.5 Å². The Hall–Kier alpha value is -3.84. The molecule has 0 saturated heterocycles. The van der Waals surface area contributed by atoms with E-state index in [1.54, 1.807) is 73.8 Å². The van der Waals surface area contributed by atoms with Gasteiger partial charge >= 0.3 is 0 Å². The third kappa shape index (κ3) is 3.95. The van der Waals surface area contributed by atoms with Crippen molar-refractivity contribution in [2.24, 2.45) is 0 Å². The summed E-state index contributed by atoms with van der Waals surface area (Å²) >= 11 is 6.07. The van der Waals surface area contributed by atoms with Crippen molar-refractivity contribution in [1.29, 1.82) is 0 Å². The van der Waals surface area contributed by atoms with Crippen molar-refractivity contribution in [2.45, 2.75) is 0 Å². The summed E-state index contributed by atoms with van der Waals surface area (Å²) in [6.45, 7) is 0. The van der Waals surface area contributed by atoms with E-state index in [4.69, 9.17) is 21.1 Å². The highest BCUT2D eigenvalue weighted by Gasteiger charge is 2.19. The van der Waals surface area contributed by atoms with E-state index in [-0.39, 0.29) is 11.3 Å². The maximum absolute atomic E-state index is 13.2. The Labute approximate surface area is 182 Å². The summed E-state index contributed by atoms with van der Waals surface area (Å²) in [6, 6.07) is 18.6. The minimum Gasteiger partial charge on any atom is -0.497 e. The summed E-state index contributed by atoms with van der Waals surface area (Å²) in [4.78, 5) is 26.3. The molecule has 0 radical (unpaired) electrons.